The van der Waals surface area contributed by atoms with E-state index in [0.29, 0.717) is 11.1 Å². The molecule has 8 unspecified atom stereocenters. The molecule has 2 aliphatic heterocycles. The third-order valence-electron chi connectivity index (χ3n) is 7.26. The predicted octanol–water partition coefficient (Wildman–Crippen LogP) is -2.27. The van der Waals surface area contributed by atoms with Crippen LogP contribution < -0.4 is 10.6 Å². The number of carbonyl (C=O) groups is 3. The van der Waals surface area contributed by atoms with Crippen LogP contribution in [0.3, 0.4) is 0 Å². The maximum atomic E-state index is 13.1. The number of ether oxygens (including phenoxy) is 5. The number of benzene rings is 1. The molecule has 0 aromatic heterocycles. The molecule has 8 atom stereocenters. The van der Waals surface area contributed by atoms with Gasteiger partial charge in [0, 0.05) is 31.5 Å². The maximum Gasteiger partial charge on any atom is 0.338 e. The Morgan fingerprint density at radius 3 is 2.61 bits per heavy atom. The molecule has 44 heavy (non-hydrogen) atoms. The van der Waals surface area contributed by atoms with E-state index in [2.05, 4.69) is 10.6 Å². The Labute approximate surface area is 253 Å². The van der Waals surface area contributed by atoms with Crippen LogP contribution in [0.2, 0.25) is 0 Å². The average molecular weight is 623 g/mol. The Morgan fingerprint density at radius 1 is 1.02 bits per heavy atom. The Hall–Kier alpha value is -3.25. The van der Waals surface area contributed by atoms with Gasteiger partial charge in [-0.1, -0.05) is 24.3 Å². The van der Waals surface area contributed by atoms with Gasteiger partial charge in [0.25, 0.3) is 0 Å². The summed E-state index contributed by atoms with van der Waals surface area (Å²) in [5, 5.41) is 53.1. The molecule has 0 bridgehead atoms. The smallest absolute Gasteiger partial charge is 0.338 e. The van der Waals surface area contributed by atoms with Gasteiger partial charge >= 0.3 is 5.97 Å². The van der Waals surface area contributed by atoms with Crippen molar-refractivity contribution in [1.29, 1.82) is 0 Å². The highest BCUT2D eigenvalue weighted by molar-refractivity contribution is 5.94. The van der Waals surface area contributed by atoms with Gasteiger partial charge in [0.05, 0.1) is 25.4 Å². The second kappa shape index (κ2) is 16.2. The average Bonchev–Trinajstić information content (AvgIpc) is 3.51. The van der Waals surface area contributed by atoms with Gasteiger partial charge in [0.15, 0.2) is 6.29 Å². The van der Waals surface area contributed by atoms with Gasteiger partial charge < -0.3 is 59.9 Å². The van der Waals surface area contributed by atoms with Crippen molar-refractivity contribution in [3.8, 4) is 0 Å². The van der Waals surface area contributed by atoms with E-state index < -0.39 is 67.5 Å². The predicted molar refractivity (Wildman–Crippen MR) is 149 cm³/mol. The van der Waals surface area contributed by atoms with E-state index in [0.717, 1.165) is 0 Å². The molecule has 2 saturated heterocycles. The third kappa shape index (κ3) is 8.68. The van der Waals surface area contributed by atoms with Gasteiger partial charge in [0.1, 0.15) is 49.5 Å². The summed E-state index contributed by atoms with van der Waals surface area (Å²) in [6.45, 7) is -0.611. The second-order valence-electron chi connectivity index (χ2n) is 10.4. The van der Waals surface area contributed by atoms with Crippen molar-refractivity contribution in [2.24, 2.45) is 0 Å². The lowest BCUT2D eigenvalue weighted by atomic mass is 9.91. The molecular formula is C29H38N2O13. The summed E-state index contributed by atoms with van der Waals surface area (Å²) in [4.78, 5) is 37.6. The van der Waals surface area contributed by atoms with E-state index in [4.69, 9.17) is 28.8 Å². The topological polar surface area (TPSA) is 223 Å². The number of hydrogen-bond donors (Lipinski definition) is 7. The van der Waals surface area contributed by atoms with Crippen molar-refractivity contribution < 1.29 is 63.6 Å². The van der Waals surface area contributed by atoms with Crippen LogP contribution in [0.15, 0.2) is 42.0 Å². The Morgan fingerprint density at radius 2 is 1.84 bits per heavy atom. The van der Waals surface area contributed by atoms with Crippen molar-refractivity contribution in [3.05, 3.63) is 53.1 Å². The molecule has 0 saturated carbocycles. The standard InChI is InChI=1S/C29H38N2O13/c32-9-8-30-22(34)6-7-31-27(38)18-12-19-26(42-15-41-19)20(13-18)43-28(39)17-5-1-3-16(11-17)4-2-10-40-29-25(37)24(36)23(35)21(14-33)44-29/h1-5,11-12,19-21,23-26,29,32-33,35-37H,6-10,13-15H2,(H,30,34)(H,31,38). The minimum Gasteiger partial charge on any atom is -0.456 e. The van der Waals surface area contributed by atoms with Crippen LogP contribution in [-0.2, 0) is 33.3 Å². The normalized spacial score (nSPS) is 30.0. The summed E-state index contributed by atoms with van der Waals surface area (Å²) in [5.74, 6) is -1.37. The van der Waals surface area contributed by atoms with Crippen LogP contribution in [0.4, 0.5) is 0 Å². The molecule has 15 nitrogen and oxygen atoms in total. The first-order valence-electron chi connectivity index (χ1n) is 14.2. The van der Waals surface area contributed by atoms with Crippen molar-refractivity contribution in [1.82, 2.24) is 10.6 Å². The van der Waals surface area contributed by atoms with Crippen LogP contribution in [0.1, 0.15) is 28.8 Å². The summed E-state index contributed by atoms with van der Waals surface area (Å²) in [6, 6.07) is 6.55. The molecule has 1 aromatic carbocycles. The largest absolute Gasteiger partial charge is 0.456 e. The summed E-state index contributed by atoms with van der Waals surface area (Å²) in [5.41, 5.74) is 1.20. The van der Waals surface area contributed by atoms with E-state index in [1.54, 1.807) is 42.5 Å². The molecule has 2 amide bonds. The molecule has 1 aromatic rings. The summed E-state index contributed by atoms with van der Waals surface area (Å²) < 4.78 is 27.7. The molecule has 2 heterocycles. The lowest BCUT2D eigenvalue weighted by Crippen LogP contribution is -2.59. The monoisotopic (exact) mass is 622 g/mol. The van der Waals surface area contributed by atoms with E-state index >= 15 is 0 Å². The zero-order chi connectivity index (χ0) is 31.6. The van der Waals surface area contributed by atoms with Crippen molar-refractivity contribution in [3.63, 3.8) is 0 Å². The SMILES string of the molecule is O=C(CCNC(=O)C1=CC2OCOC2C(OC(=O)c2cccc(C=CCOC3OC(CO)C(O)C(O)C3O)c2)C1)NCCO. The zero-order valence-corrected chi connectivity index (χ0v) is 23.8. The van der Waals surface area contributed by atoms with Crippen LogP contribution in [0.25, 0.3) is 6.08 Å². The number of rotatable bonds is 13. The first-order chi connectivity index (χ1) is 21.2. The minimum absolute atomic E-state index is 0.0225. The number of carbonyl (C=O) groups excluding carboxylic acids is 3. The van der Waals surface area contributed by atoms with Crippen molar-refractivity contribution in [2.45, 2.75) is 61.9 Å². The highest BCUT2D eigenvalue weighted by Gasteiger charge is 2.44. The van der Waals surface area contributed by atoms with Gasteiger partial charge in [-0.15, -0.1) is 0 Å². The van der Waals surface area contributed by atoms with Crippen molar-refractivity contribution in [2.75, 3.05) is 39.7 Å². The van der Waals surface area contributed by atoms with Gasteiger partial charge in [-0.2, -0.15) is 0 Å². The summed E-state index contributed by atoms with van der Waals surface area (Å²) >= 11 is 0. The highest BCUT2D eigenvalue weighted by Crippen LogP contribution is 2.31. The van der Waals surface area contributed by atoms with E-state index in [1.165, 1.54) is 0 Å². The molecular weight excluding hydrogens is 584 g/mol. The quantitative estimate of drug-likeness (QED) is 0.115. The molecule has 0 spiro atoms. The maximum absolute atomic E-state index is 13.1. The van der Waals surface area contributed by atoms with Gasteiger partial charge in [0.2, 0.25) is 11.8 Å². The van der Waals surface area contributed by atoms with E-state index in [1.807, 2.05) is 0 Å². The van der Waals surface area contributed by atoms with Crippen LogP contribution in [0, 0.1) is 0 Å². The Balaban J connectivity index is 1.30. The highest BCUT2D eigenvalue weighted by atomic mass is 16.7. The number of hydrogen-bond acceptors (Lipinski definition) is 13. The number of aliphatic hydroxyl groups excluding tert-OH is 5. The summed E-state index contributed by atoms with van der Waals surface area (Å²) in [7, 11) is 0. The van der Waals surface area contributed by atoms with Crippen LogP contribution in [0.5, 0.6) is 0 Å². The van der Waals surface area contributed by atoms with Crippen molar-refractivity contribution >= 4 is 23.9 Å². The van der Waals surface area contributed by atoms with Gasteiger partial charge in [-0.25, -0.2) is 4.79 Å². The van der Waals surface area contributed by atoms with E-state index in [9.17, 15) is 34.8 Å². The lowest BCUT2D eigenvalue weighted by molar-refractivity contribution is -0.298. The Bertz CT molecular complexity index is 1210. The zero-order valence-electron chi connectivity index (χ0n) is 23.8. The minimum atomic E-state index is -1.55. The Kier molecular flexibility index (Phi) is 12.4. The molecule has 2 fully saturated rings. The fourth-order valence-electron chi connectivity index (χ4n) is 4.93. The molecule has 4 rings (SSSR count). The molecule has 7 N–H and O–H groups in total. The van der Waals surface area contributed by atoms with E-state index in [-0.39, 0.29) is 57.4 Å². The fourth-order valence-corrected chi connectivity index (χ4v) is 4.93. The molecule has 242 valence electrons. The first kappa shape index (κ1) is 33.6. The van der Waals surface area contributed by atoms with Crippen LogP contribution >= 0.6 is 0 Å². The summed E-state index contributed by atoms with van der Waals surface area (Å²) in [6.07, 6.45) is -3.90. The fraction of sp³-hybridized carbons (Fsp3) is 0.552. The van der Waals surface area contributed by atoms with Crippen LogP contribution in [-0.4, -0.2) is 132 Å². The van der Waals surface area contributed by atoms with Gasteiger partial charge in [-0.05, 0) is 23.8 Å². The lowest BCUT2D eigenvalue weighted by Gasteiger charge is -2.39. The molecule has 15 heteroatoms. The number of nitrogens with one attached hydrogen (secondary N) is 2. The molecule has 3 aliphatic rings. The van der Waals surface area contributed by atoms with Gasteiger partial charge in [-0.3, -0.25) is 9.59 Å². The molecule has 1 aliphatic carbocycles. The second-order valence-corrected chi connectivity index (χ2v) is 10.4. The number of fused-ring (bicyclic) bond motifs is 1. The number of amides is 2. The molecule has 0 radical (unpaired) electrons. The number of aliphatic hydroxyl groups is 5. The number of esters is 1. The third-order valence-corrected chi connectivity index (χ3v) is 7.26. The first-order valence-corrected chi connectivity index (χ1v) is 14.2.